The van der Waals surface area contributed by atoms with Crippen molar-refractivity contribution in [3.63, 3.8) is 0 Å². The molecule has 0 radical (unpaired) electrons. The van der Waals surface area contributed by atoms with E-state index in [0.29, 0.717) is 30.5 Å². The fourth-order valence-electron chi connectivity index (χ4n) is 1.33. The molecule has 0 heterocycles. The summed E-state index contributed by atoms with van der Waals surface area (Å²) in [5.41, 5.74) is 0.944. The van der Waals surface area contributed by atoms with Gasteiger partial charge in [-0.1, -0.05) is 15.9 Å². The number of unbranched alkanes of at least 4 members (excludes halogenated alkanes) is 1. The van der Waals surface area contributed by atoms with Crippen LogP contribution in [0.5, 0.6) is 0 Å². The van der Waals surface area contributed by atoms with Gasteiger partial charge in [0.15, 0.2) is 0 Å². The van der Waals surface area contributed by atoms with Crippen LogP contribution in [0.25, 0.3) is 0 Å². The molecule has 0 spiro atoms. The maximum Gasteiger partial charge on any atom is 0.224 e. The molecule has 90 valence electrons. The highest BCUT2D eigenvalue weighted by Gasteiger charge is 2.06. The van der Waals surface area contributed by atoms with Gasteiger partial charge in [-0.25, -0.2) is 0 Å². The van der Waals surface area contributed by atoms with E-state index in [1.807, 2.05) is 6.07 Å². The van der Waals surface area contributed by atoms with Crippen LogP contribution in [0.2, 0.25) is 0 Å². The number of benzene rings is 1. The molecule has 0 aliphatic rings. The van der Waals surface area contributed by atoms with E-state index < -0.39 is 0 Å². The maximum atomic E-state index is 11.5. The normalized spacial score (nSPS) is 9.71. The van der Waals surface area contributed by atoms with Gasteiger partial charge in [0.1, 0.15) is 6.07 Å². The van der Waals surface area contributed by atoms with Gasteiger partial charge in [0.2, 0.25) is 5.91 Å². The van der Waals surface area contributed by atoms with E-state index in [9.17, 15) is 4.79 Å². The molecule has 0 unspecified atom stereocenters. The van der Waals surface area contributed by atoms with Gasteiger partial charge in [-0.3, -0.25) is 4.79 Å². The minimum Gasteiger partial charge on any atom is -0.396 e. The third-order valence-corrected chi connectivity index (χ3v) is 2.68. The van der Waals surface area contributed by atoms with Crippen LogP contribution in [0.4, 0.5) is 5.69 Å². The molecule has 17 heavy (non-hydrogen) atoms. The predicted octanol–water partition coefficient (Wildman–Crippen LogP) is 2.42. The number of aliphatic hydroxyl groups is 1. The predicted molar refractivity (Wildman–Crippen MR) is 68.4 cm³/mol. The van der Waals surface area contributed by atoms with Gasteiger partial charge in [-0.15, -0.1) is 0 Å². The van der Waals surface area contributed by atoms with Crippen LogP contribution in [-0.4, -0.2) is 17.6 Å². The van der Waals surface area contributed by atoms with Crippen molar-refractivity contribution < 1.29 is 9.90 Å². The summed E-state index contributed by atoms with van der Waals surface area (Å²) in [5, 5.41) is 20.2. The Morgan fingerprint density at radius 3 is 2.88 bits per heavy atom. The van der Waals surface area contributed by atoms with Crippen LogP contribution in [0.3, 0.4) is 0 Å². The van der Waals surface area contributed by atoms with E-state index >= 15 is 0 Å². The highest BCUT2D eigenvalue weighted by molar-refractivity contribution is 9.10. The SMILES string of the molecule is N#Cc1cc(Br)ccc1NC(=O)CCCCO. The van der Waals surface area contributed by atoms with E-state index in [1.165, 1.54) is 0 Å². The maximum absolute atomic E-state index is 11.5. The number of carbonyl (C=O) groups is 1. The topological polar surface area (TPSA) is 73.1 Å². The molecule has 1 aromatic rings. The van der Waals surface area contributed by atoms with Crippen LogP contribution < -0.4 is 5.32 Å². The van der Waals surface area contributed by atoms with Crippen LogP contribution in [0, 0.1) is 11.3 Å². The lowest BCUT2D eigenvalue weighted by Crippen LogP contribution is -2.12. The molecule has 1 aromatic carbocycles. The minimum absolute atomic E-state index is 0.0923. The van der Waals surface area contributed by atoms with Crippen molar-refractivity contribution in [1.29, 1.82) is 5.26 Å². The van der Waals surface area contributed by atoms with Crippen LogP contribution in [0.15, 0.2) is 22.7 Å². The monoisotopic (exact) mass is 296 g/mol. The second-order valence-corrected chi connectivity index (χ2v) is 4.45. The Hall–Kier alpha value is -1.38. The van der Waals surface area contributed by atoms with Gasteiger partial charge in [-0.05, 0) is 31.0 Å². The van der Waals surface area contributed by atoms with Crippen molar-refractivity contribution in [1.82, 2.24) is 0 Å². The van der Waals surface area contributed by atoms with Gasteiger partial charge in [-0.2, -0.15) is 5.26 Å². The number of nitriles is 1. The first kappa shape index (κ1) is 13.7. The number of rotatable bonds is 5. The molecule has 4 nitrogen and oxygen atoms in total. The number of nitrogens with zero attached hydrogens (tertiary/aromatic N) is 1. The van der Waals surface area contributed by atoms with Crippen molar-refractivity contribution in [3.8, 4) is 6.07 Å². The first-order valence-corrected chi connectivity index (χ1v) is 6.07. The lowest BCUT2D eigenvalue weighted by Gasteiger charge is -2.07. The Bertz CT molecular complexity index is 441. The first-order chi connectivity index (χ1) is 8.17. The summed E-state index contributed by atoms with van der Waals surface area (Å²) < 4.78 is 0.798. The molecule has 0 atom stereocenters. The molecular weight excluding hydrogens is 284 g/mol. The number of aliphatic hydroxyl groups excluding tert-OH is 1. The van der Waals surface area contributed by atoms with Gasteiger partial charge in [0.25, 0.3) is 0 Å². The van der Waals surface area contributed by atoms with E-state index in [4.69, 9.17) is 10.4 Å². The summed E-state index contributed by atoms with van der Waals surface area (Å²) in [6.07, 6.45) is 1.60. The molecule has 2 N–H and O–H groups in total. The summed E-state index contributed by atoms with van der Waals surface area (Å²) in [7, 11) is 0. The molecule has 0 bridgehead atoms. The van der Waals surface area contributed by atoms with Crippen molar-refractivity contribution >= 4 is 27.5 Å². The highest BCUT2D eigenvalue weighted by Crippen LogP contribution is 2.20. The Morgan fingerprint density at radius 1 is 1.47 bits per heavy atom. The second kappa shape index (κ2) is 7.05. The Kier molecular flexibility index (Phi) is 5.67. The van der Waals surface area contributed by atoms with Gasteiger partial charge < -0.3 is 10.4 Å². The Balaban J connectivity index is 2.62. The second-order valence-electron chi connectivity index (χ2n) is 3.53. The van der Waals surface area contributed by atoms with Gasteiger partial charge in [0, 0.05) is 17.5 Å². The largest absolute Gasteiger partial charge is 0.396 e. The van der Waals surface area contributed by atoms with Crippen molar-refractivity contribution in [2.24, 2.45) is 0 Å². The Labute approximate surface area is 108 Å². The number of nitrogens with one attached hydrogen (secondary N) is 1. The summed E-state index contributed by atoms with van der Waals surface area (Å²) >= 11 is 3.26. The number of amides is 1. The lowest BCUT2D eigenvalue weighted by atomic mass is 10.2. The van der Waals surface area contributed by atoms with Crippen LogP contribution in [-0.2, 0) is 4.79 Å². The number of carbonyl (C=O) groups excluding carboxylic acids is 1. The summed E-state index contributed by atoms with van der Waals surface area (Å²) in [5.74, 6) is -0.141. The molecule has 0 saturated carbocycles. The highest BCUT2D eigenvalue weighted by atomic mass is 79.9. The number of hydrogen-bond acceptors (Lipinski definition) is 3. The summed E-state index contributed by atoms with van der Waals surface area (Å²) in [6.45, 7) is 0.0923. The zero-order valence-corrected chi connectivity index (χ0v) is 10.8. The number of anilines is 1. The summed E-state index contributed by atoms with van der Waals surface area (Å²) in [6, 6.07) is 7.14. The van der Waals surface area contributed by atoms with E-state index in [-0.39, 0.29) is 12.5 Å². The van der Waals surface area contributed by atoms with Gasteiger partial charge in [0.05, 0.1) is 11.3 Å². The number of halogens is 1. The average molecular weight is 297 g/mol. The molecule has 0 aliphatic heterocycles. The molecular formula is C12H13BrN2O2. The average Bonchev–Trinajstić information content (AvgIpc) is 2.32. The van der Waals surface area contributed by atoms with Gasteiger partial charge >= 0.3 is 0 Å². The van der Waals surface area contributed by atoms with Crippen LogP contribution >= 0.6 is 15.9 Å². The van der Waals surface area contributed by atoms with Crippen molar-refractivity contribution in [3.05, 3.63) is 28.2 Å². The summed E-state index contributed by atoms with van der Waals surface area (Å²) in [4.78, 5) is 11.5. The molecule has 1 amide bonds. The molecule has 0 fully saturated rings. The third kappa shape index (κ3) is 4.55. The van der Waals surface area contributed by atoms with Crippen molar-refractivity contribution in [2.75, 3.05) is 11.9 Å². The standard InChI is InChI=1S/C12H13BrN2O2/c13-10-4-5-11(9(7-10)8-14)15-12(17)3-1-2-6-16/h4-5,7,16H,1-3,6H2,(H,15,17). The van der Waals surface area contributed by atoms with E-state index in [0.717, 1.165) is 4.47 Å². The molecule has 0 saturated heterocycles. The molecule has 1 rings (SSSR count). The lowest BCUT2D eigenvalue weighted by molar-refractivity contribution is -0.116. The van der Waals surface area contributed by atoms with Crippen molar-refractivity contribution in [2.45, 2.75) is 19.3 Å². The fraction of sp³-hybridized carbons (Fsp3) is 0.333. The minimum atomic E-state index is -0.141. The molecule has 0 aliphatic carbocycles. The van der Waals surface area contributed by atoms with Crippen LogP contribution in [0.1, 0.15) is 24.8 Å². The Morgan fingerprint density at radius 2 is 2.24 bits per heavy atom. The quantitative estimate of drug-likeness (QED) is 0.820. The van der Waals surface area contributed by atoms with E-state index in [2.05, 4.69) is 21.2 Å². The molecule has 0 aromatic heterocycles. The zero-order chi connectivity index (χ0) is 12.7. The third-order valence-electron chi connectivity index (χ3n) is 2.19. The number of hydrogen-bond donors (Lipinski definition) is 2. The smallest absolute Gasteiger partial charge is 0.224 e. The fourth-order valence-corrected chi connectivity index (χ4v) is 1.69. The van der Waals surface area contributed by atoms with E-state index in [1.54, 1.807) is 18.2 Å². The first-order valence-electron chi connectivity index (χ1n) is 5.27. The molecule has 5 heteroatoms. The zero-order valence-electron chi connectivity index (χ0n) is 9.24.